The first-order valence-electron chi connectivity index (χ1n) is 5.15. The summed E-state index contributed by atoms with van der Waals surface area (Å²) in [5.74, 6) is -0.405. The Morgan fingerprint density at radius 2 is 1.69 bits per heavy atom. The molecule has 1 aromatic rings. The van der Waals surface area contributed by atoms with E-state index in [1.54, 1.807) is 12.1 Å². The highest BCUT2D eigenvalue weighted by molar-refractivity contribution is 5.66. The van der Waals surface area contributed by atoms with Gasteiger partial charge in [0.05, 0.1) is 13.2 Å². The Hall–Kier alpha value is -1.30. The van der Waals surface area contributed by atoms with Crippen molar-refractivity contribution in [3.63, 3.8) is 0 Å². The highest BCUT2D eigenvalue weighted by atomic mass is 16.3. The Morgan fingerprint density at radius 1 is 1.06 bits per heavy atom. The molecule has 0 bridgehead atoms. The molecule has 1 rings (SSSR count). The van der Waals surface area contributed by atoms with Gasteiger partial charge in [-0.05, 0) is 18.1 Å². The van der Waals surface area contributed by atoms with Crippen LogP contribution < -0.4 is 11.5 Å². The van der Waals surface area contributed by atoms with Crippen LogP contribution in [0.3, 0.4) is 0 Å². The zero-order valence-corrected chi connectivity index (χ0v) is 9.06. The van der Waals surface area contributed by atoms with E-state index in [9.17, 15) is 0 Å². The van der Waals surface area contributed by atoms with E-state index in [2.05, 4.69) is 0 Å². The Morgan fingerprint density at radius 3 is 2.19 bits per heavy atom. The standard InChI is InChI=1S/C11H18N2O3/c12-10-2-1-8(7(5-15)6-16)11(13)9(10)3-4-14/h1-2,7,14-16H,3-6,12-13H2. The predicted molar refractivity (Wildman–Crippen MR) is 63.0 cm³/mol. The van der Waals surface area contributed by atoms with Crippen molar-refractivity contribution >= 4 is 11.4 Å². The van der Waals surface area contributed by atoms with Crippen molar-refractivity contribution in [2.45, 2.75) is 12.3 Å². The lowest BCUT2D eigenvalue weighted by atomic mass is 9.94. The lowest BCUT2D eigenvalue weighted by Gasteiger charge is -2.18. The number of nitrogens with two attached hydrogens (primary N) is 2. The summed E-state index contributed by atoms with van der Waals surface area (Å²) in [4.78, 5) is 0. The molecular formula is C11H18N2O3. The summed E-state index contributed by atoms with van der Waals surface area (Å²) in [6.07, 6.45) is 0.370. The fraction of sp³-hybridized carbons (Fsp3) is 0.455. The smallest absolute Gasteiger partial charge is 0.0522 e. The van der Waals surface area contributed by atoms with Crippen molar-refractivity contribution in [1.29, 1.82) is 0 Å². The molecule has 0 fully saturated rings. The second-order valence-corrected chi connectivity index (χ2v) is 3.67. The van der Waals surface area contributed by atoms with Crippen LogP contribution in [0.15, 0.2) is 12.1 Å². The summed E-state index contributed by atoms with van der Waals surface area (Å²) < 4.78 is 0. The molecule has 0 aromatic heterocycles. The van der Waals surface area contributed by atoms with E-state index >= 15 is 0 Å². The van der Waals surface area contributed by atoms with Crippen molar-refractivity contribution < 1.29 is 15.3 Å². The third-order valence-corrected chi connectivity index (χ3v) is 2.67. The maximum atomic E-state index is 9.10. The molecule has 90 valence electrons. The van der Waals surface area contributed by atoms with E-state index in [0.29, 0.717) is 28.9 Å². The van der Waals surface area contributed by atoms with Crippen LogP contribution in [0.4, 0.5) is 11.4 Å². The molecule has 7 N–H and O–H groups in total. The van der Waals surface area contributed by atoms with Crippen molar-refractivity contribution in [3.05, 3.63) is 23.3 Å². The van der Waals surface area contributed by atoms with Crippen LogP contribution in [0.1, 0.15) is 17.0 Å². The average Bonchev–Trinajstić information content (AvgIpc) is 2.28. The molecule has 0 aliphatic heterocycles. The summed E-state index contributed by atoms with van der Waals surface area (Å²) >= 11 is 0. The number of nitrogen functional groups attached to an aromatic ring is 2. The van der Waals surface area contributed by atoms with Gasteiger partial charge in [0.25, 0.3) is 0 Å². The summed E-state index contributed by atoms with van der Waals surface area (Å²) in [7, 11) is 0. The van der Waals surface area contributed by atoms with Gasteiger partial charge < -0.3 is 26.8 Å². The van der Waals surface area contributed by atoms with E-state index < -0.39 is 5.92 Å². The van der Waals surface area contributed by atoms with E-state index in [-0.39, 0.29) is 19.8 Å². The van der Waals surface area contributed by atoms with E-state index in [0.717, 1.165) is 0 Å². The number of hydrogen-bond acceptors (Lipinski definition) is 5. The Kier molecular flexibility index (Phi) is 4.54. The van der Waals surface area contributed by atoms with Gasteiger partial charge >= 0.3 is 0 Å². The fourth-order valence-corrected chi connectivity index (χ4v) is 1.70. The van der Waals surface area contributed by atoms with Gasteiger partial charge in [-0.15, -0.1) is 0 Å². The van der Waals surface area contributed by atoms with Gasteiger partial charge in [-0.3, -0.25) is 0 Å². The molecular weight excluding hydrogens is 208 g/mol. The molecule has 0 spiro atoms. The van der Waals surface area contributed by atoms with E-state index in [4.69, 9.17) is 26.8 Å². The number of aliphatic hydroxyl groups is 3. The minimum Gasteiger partial charge on any atom is -0.398 e. The van der Waals surface area contributed by atoms with Crippen LogP contribution in [-0.4, -0.2) is 35.1 Å². The predicted octanol–water partition coefficient (Wildman–Crippen LogP) is -0.546. The van der Waals surface area contributed by atoms with Crippen molar-refractivity contribution in [3.8, 4) is 0 Å². The molecule has 0 atom stereocenters. The molecule has 1 aromatic carbocycles. The van der Waals surface area contributed by atoms with E-state index in [1.165, 1.54) is 0 Å². The second-order valence-electron chi connectivity index (χ2n) is 3.67. The molecule has 0 aliphatic carbocycles. The molecule has 0 saturated carbocycles. The molecule has 0 aliphatic rings. The number of hydrogen-bond donors (Lipinski definition) is 5. The van der Waals surface area contributed by atoms with Crippen molar-refractivity contribution in [1.82, 2.24) is 0 Å². The first-order valence-corrected chi connectivity index (χ1v) is 5.15. The molecule has 0 saturated heterocycles. The summed E-state index contributed by atoms with van der Waals surface area (Å²) in [6.45, 7) is -0.396. The quantitative estimate of drug-likeness (QED) is 0.432. The number of rotatable bonds is 5. The number of aliphatic hydroxyl groups excluding tert-OH is 3. The van der Waals surface area contributed by atoms with Gasteiger partial charge in [0, 0.05) is 29.5 Å². The van der Waals surface area contributed by atoms with Crippen molar-refractivity contribution in [2.75, 3.05) is 31.3 Å². The average molecular weight is 226 g/mol. The first kappa shape index (κ1) is 12.8. The zero-order valence-electron chi connectivity index (χ0n) is 9.06. The van der Waals surface area contributed by atoms with Crippen LogP contribution in [-0.2, 0) is 6.42 Å². The Labute approximate surface area is 94.3 Å². The molecule has 0 heterocycles. The van der Waals surface area contributed by atoms with E-state index in [1.807, 2.05) is 0 Å². The van der Waals surface area contributed by atoms with Gasteiger partial charge in [-0.1, -0.05) is 6.07 Å². The third kappa shape index (κ3) is 2.44. The largest absolute Gasteiger partial charge is 0.398 e. The summed E-state index contributed by atoms with van der Waals surface area (Å²) in [6, 6.07) is 3.37. The summed E-state index contributed by atoms with van der Waals surface area (Å²) in [5, 5.41) is 27.1. The lowest BCUT2D eigenvalue weighted by molar-refractivity contribution is 0.193. The van der Waals surface area contributed by atoms with Crippen molar-refractivity contribution in [2.24, 2.45) is 0 Å². The maximum absolute atomic E-state index is 9.10. The third-order valence-electron chi connectivity index (χ3n) is 2.67. The van der Waals surface area contributed by atoms with Gasteiger partial charge in [0.1, 0.15) is 0 Å². The normalized spacial score (nSPS) is 11.0. The van der Waals surface area contributed by atoms with Crippen LogP contribution >= 0.6 is 0 Å². The van der Waals surface area contributed by atoms with Gasteiger partial charge in [-0.2, -0.15) is 0 Å². The van der Waals surface area contributed by atoms with Gasteiger partial charge in [0.15, 0.2) is 0 Å². The van der Waals surface area contributed by atoms with Crippen LogP contribution in [0.25, 0.3) is 0 Å². The highest BCUT2D eigenvalue weighted by Gasteiger charge is 2.16. The first-order chi connectivity index (χ1) is 7.65. The minimum absolute atomic E-state index is 0.0409. The maximum Gasteiger partial charge on any atom is 0.0522 e. The number of benzene rings is 1. The number of anilines is 2. The van der Waals surface area contributed by atoms with Crippen LogP contribution in [0.2, 0.25) is 0 Å². The van der Waals surface area contributed by atoms with Crippen LogP contribution in [0.5, 0.6) is 0 Å². The Balaban J connectivity index is 3.16. The highest BCUT2D eigenvalue weighted by Crippen LogP contribution is 2.29. The topological polar surface area (TPSA) is 113 Å². The zero-order chi connectivity index (χ0) is 12.1. The summed E-state index contributed by atoms with van der Waals surface area (Å²) in [5.41, 5.74) is 14.0. The molecule has 5 heteroatoms. The Bertz CT molecular complexity index is 351. The molecule has 0 unspecified atom stereocenters. The molecule has 16 heavy (non-hydrogen) atoms. The fourth-order valence-electron chi connectivity index (χ4n) is 1.70. The SMILES string of the molecule is Nc1ccc(C(CO)CO)c(N)c1CCO. The van der Waals surface area contributed by atoms with Gasteiger partial charge in [-0.25, -0.2) is 0 Å². The monoisotopic (exact) mass is 226 g/mol. The molecule has 0 radical (unpaired) electrons. The van der Waals surface area contributed by atoms with Gasteiger partial charge in [0.2, 0.25) is 0 Å². The lowest BCUT2D eigenvalue weighted by Crippen LogP contribution is -2.14. The van der Waals surface area contributed by atoms with Crippen LogP contribution in [0, 0.1) is 0 Å². The molecule has 5 nitrogen and oxygen atoms in total. The molecule has 0 amide bonds. The second kappa shape index (κ2) is 5.69. The minimum atomic E-state index is -0.405.